The Bertz CT molecular complexity index is 627. The maximum atomic E-state index is 13.2. The summed E-state index contributed by atoms with van der Waals surface area (Å²) in [5.74, 6) is 1.36. The normalized spacial score (nSPS) is 24.7. The fourth-order valence-corrected chi connectivity index (χ4v) is 4.54. The van der Waals surface area contributed by atoms with Crippen LogP contribution in [0.15, 0.2) is 18.2 Å². The van der Waals surface area contributed by atoms with Gasteiger partial charge in [-0.1, -0.05) is 24.4 Å². The predicted molar refractivity (Wildman–Crippen MR) is 105 cm³/mol. The number of piperidine rings is 1. The van der Waals surface area contributed by atoms with Gasteiger partial charge in [0.25, 0.3) is 0 Å². The molecule has 1 aliphatic carbocycles. The van der Waals surface area contributed by atoms with Gasteiger partial charge in [0.15, 0.2) is 0 Å². The lowest BCUT2D eigenvalue weighted by Crippen LogP contribution is -2.39. The Labute approximate surface area is 166 Å². The molecule has 1 aliphatic heterocycles. The lowest BCUT2D eigenvalue weighted by Gasteiger charge is -2.34. The Hall–Kier alpha value is -1.33. The standard InChI is InChI=1S/C21H30ClFN2O2/c22-19-14-18(5-6-20(19)23)27-17-8-11-25(12-9-17)10-7-15-1-3-16(4-2-15)13-21(24)26/h5-6,14-17H,1-4,7-13H2,(H2,24,26). The Kier molecular flexibility index (Phi) is 7.36. The minimum Gasteiger partial charge on any atom is -0.490 e. The summed E-state index contributed by atoms with van der Waals surface area (Å²) in [6.45, 7) is 3.22. The van der Waals surface area contributed by atoms with Crippen LogP contribution in [0.4, 0.5) is 4.39 Å². The number of carbonyl (C=O) groups excluding carboxylic acids is 1. The first-order chi connectivity index (χ1) is 13.0. The van der Waals surface area contributed by atoms with E-state index in [1.54, 1.807) is 12.1 Å². The SMILES string of the molecule is NC(=O)CC1CCC(CCN2CCC(Oc3ccc(F)c(Cl)c3)CC2)CC1. The minimum absolute atomic E-state index is 0.107. The average Bonchev–Trinajstić information content (AvgIpc) is 2.65. The molecule has 1 aromatic rings. The van der Waals surface area contributed by atoms with Crippen LogP contribution < -0.4 is 10.5 Å². The zero-order valence-corrected chi connectivity index (χ0v) is 16.6. The molecule has 3 rings (SSSR count). The molecule has 2 aliphatic rings. The molecule has 0 bridgehead atoms. The van der Waals surface area contributed by atoms with Crippen LogP contribution in [-0.2, 0) is 4.79 Å². The molecule has 0 unspecified atom stereocenters. The van der Waals surface area contributed by atoms with Gasteiger partial charge in [-0.25, -0.2) is 4.39 Å². The Morgan fingerprint density at radius 2 is 1.81 bits per heavy atom. The second-order valence-corrected chi connectivity index (χ2v) is 8.49. The van der Waals surface area contributed by atoms with Gasteiger partial charge in [-0.2, -0.15) is 0 Å². The summed E-state index contributed by atoms with van der Waals surface area (Å²) in [5, 5.41) is 0.107. The number of nitrogens with zero attached hydrogens (tertiary/aromatic N) is 1. The number of primary amides is 1. The number of amides is 1. The minimum atomic E-state index is -0.414. The highest BCUT2D eigenvalue weighted by atomic mass is 35.5. The first-order valence-corrected chi connectivity index (χ1v) is 10.5. The van der Waals surface area contributed by atoms with Crippen LogP contribution in [0.25, 0.3) is 0 Å². The molecule has 27 heavy (non-hydrogen) atoms. The summed E-state index contributed by atoms with van der Waals surface area (Å²) in [4.78, 5) is 13.6. The van der Waals surface area contributed by atoms with Crippen molar-refractivity contribution in [3.63, 3.8) is 0 Å². The van der Waals surface area contributed by atoms with Crippen molar-refractivity contribution >= 4 is 17.5 Å². The number of hydrogen-bond donors (Lipinski definition) is 1. The topological polar surface area (TPSA) is 55.6 Å². The molecule has 1 saturated heterocycles. The molecule has 1 heterocycles. The zero-order chi connectivity index (χ0) is 19.2. The van der Waals surface area contributed by atoms with E-state index in [9.17, 15) is 9.18 Å². The van der Waals surface area contributed by atoms with E-state index in [0.717, 1.165) is 51.2 Å². The summed E-state index contributed by atoms with van der Waals surface area (Å²) in [5.41, 5.74) is 5.31. The molecule has 4 nitrogen and oxygen atoms in total. The fourth-order valence-electron chi connectivity index (χ4n) is 4.37. The largest absolute Gasteiger partial charge is 0.490 e. The molecule has 1 saturated carbocycles. The molecule has 0 atom stereocenters. The van der Waals surface area contributed by atoms with Crippen molar-refractivity contribution in [2.24, 2.45) is 17.6 Å². The first-order valence-electron chi connectivity index (χ1n) is 10.1. The van der Waals surface area contributed by atoms with Crippen LogP contribution in [0.3, 0.4) is 0 Å². The van der Waals surface area contributed by atoms with E-state index in [0.29, 0.717) is 18.1 Å². The number of likely N-dealkylation sites (tertiary alicyclic amines) is 1. The van der Waals surface area contributed by atoms with Crippen LogP contribution >= 0.6 is 11.6 Å². The smallest absolute Gasteiger partial charge is 0.217 e. The maximum Gasteiger partial charge on any atom is 0.217 e. The fraction of sp³-hybridized carbons (Fsp3) is 0.667. The molecule has 2 fully saturated rings. The van der Waals surface area contributed by atoms with Gasteiger partial charge in [-0.3, -0.25) is 4.79 Å². The lowest BCUT2D eigenvalue weighted by molar-refractivity contribution is -0.119. The highest BCUT2D eigenvalue weighted by molar-refractivity contribution is 6.30. The third-order valence-electron chi connectivity index (χ3n) is 6.04. The molecule has 150 valence electrons. The van der Waals surface area contributed by atoms with E-state index >= 15 is 0 Å². The molecule has 0 aromatic heterocycles. The van der Waals surface area contributed by atoms with Crippen molar-refractivity contribution in [2.75, 3.05) is 19.6 Å². The monoisotopic (exact) mass is 396 g/mol. The molecular weight excluding hydrogens is 367 g/mol. The Morgan fingerprint density at radius 1 is 1.15 bits per heavy atom. The number of carbonyl (C=O) groups is 1. The van der Waals surface area contributed by atoms with Crippen molar-refractivity contribution in [1.82, 2.24) is 4.90 Å². The maximum absolute atomic E-state index is 13.2. The summed E-state index contributed by atoms with van der Waals surface area (Å²) in [7, 11) is 0. The van der Waals surface area contributed by atoms with Crippen molar-refractivity contribution < 1.29 is 13.9 Å². The van der Waals surface area contributed by atoms with Gasteiger partial charge < -0.3 is 15.4 Å². The van der Waals surface area contributed by atoms with Crippen LogP contribution in [-0.4, -0.2) is 36.5 Å². The summed E-state index contributed by atoms with van der Waals surface area (Å²) >= 11 is 5.82. The molecular formula is C21H30ClFN2O2. The zero-order valence-electron chi connectivity index (χ0n) is 15.8. The average molecular weight is 397 g/mol. The van der Waals surface area contributed by atoms with Gasteiger partial charge in [0, 0.05) is 25.6 Å². The Balaban J connectivity index is 1.33. The lowest BCUT2D eigenvalue weighted by atomic mass is 9.79. The molecule has 0 spiro atoms. The van der Waals surface area contributed by atoms with E-state index in [4.69, 9.17) is 22.1 Å². The van der Waals surface area contributed by atoms with Crippen molar-refractivity contribution in [2.45, 2.75) is 57.5 Å². The molecule has 1 amide bonds. The van der Waals surface area contributed by atoms with E-state index < -0.39 is 5.82 Å². The van der Waals surface area contributed by atoms with E-state index in [1.165, 1.54) is 25.3 Å². The van der Waals surface area contributed by atoms with Gasteiger partial charge in [-0.15, -0.1) is 0 Å². The molecule has 1 aromatic carbocycles. The number of benzene rings is 1. The highest BCUT2D eigenvalue weighted by Crippen LogP contribution is 2.33. The number of rotatable bonds is 7. The third kappa shape index (κ3) is 6.35. The first kappa shape index (κ1) is 20.4. The van der Waals surface area contributed by atoms with Crippen molar-refractivity contribution in [1.29, 1.82) is 0 Å². The van der Waals surface area contributed by atoms with Crippen LogP contribution in [0, 0.1) is 17.7 Å². The van der Waals surface area contributed by atoms with Gasteiger partial charge in [0.1, 0.15) is 17.7 Å². The highest BCUT2D eigenvalue weighted by Gasteiger charge is 2.25. The van der Waals surface area contributed by atoms with E-state index in [-0.39, 0.29) is 17.0 Å². The predicted octanol–water partition coefficient (Wildman–Crippen LogP) is 4.39. The van der Waals surface area contributed by atoms with Gasteiger partial charge in [0.2, 0.25) is 5.91 Å². The van der Waals surface area contributed by atoms with Gasteiger partial charge >= 0.3 is 0 Å². The van der Waals surface area contributed by atoms with E-state index in [1.807, 2.05) is 0 Å². The summed E-state index contributed by atoms with van der Waals surface area (Å²) < 4.78 is 19.2. The molecule has 2 N–H and O–H groups in total. The number of ether oxygens (including phenoxy) is 1. The third-order valence-corrected chi connectivity index (χ3v) is 6.33. The Morgan fingerprint density at radius 3 is 2.44 bits per heavy atom. The van der Waals surface area contributed by atoms with E-state index in [2.05, 4.69) is 4.90 Å². The second-order valence-electron chi connectivity index (χ2n) is 8.08. The van der Waals surface area contributed by atoms with Crippen molar-refractivity contribution in [3.8, 4) is 5.75 Å². The number of halogens is 2. The van der Waals surface area contributed by atoms with Crippen LogP contribution in [0.5, 0.6) is 5.75 Å². The molecule has 6 heteroatoms. The van der Waals surface area contributed by atoms with Crippen molar-refractivity contribution in [3.05, 3.63) is 29.0 Å². The molecule has 0 radical (unpaired) electrons. The second kappa shape index (κ2) is 9.74. The summed E-state index contributed by atoms with van der Waals surface area (Å²) in [6, 6.07) is 4.55. The quantitative estimate of drug-likeness (QED) is 0.743. The number of hydrogen-bond acceptors (Lipinski definition) is 3. The number of nitrogens with two attached hydrogens (primary N) is 1. The van der Waals surface area contributed by atoms with Crippen LogP contribution in [0.2, 0.25) is 5.02 Å². The van der Waals surface area contributed by atoms with Gasteiger partial charge in [-0.05, 0) is 62.6 Å². The van der Waals surface area contributed by atoms with Crippen LogP contribution in [0.1, 0.15) is 51.4 Å². The summed E-state index contributed by atoms with van der Waals surface area (Å²) in [6.07, 6.45) is 8.67. The van der Waals surface area contributed by atoms with Gasteiger partial charge in [0.05, 0.1) is 5.02 Å².